The summed E-state index contributed by atoms with van der Waals surface area (Å²) in [5, 5.41) is 8.49. The third-order valence-corrected chi connectivity index (χ3v) is 5.61. The number of pyridine rings is 1. The average Bonchev–Trinajstić information content (AvgIpc) is 3.17. The van der Waals surface area contributed by atoms with E-state index >= 15 is 0 Å². The summed E-state index contributed by atoms with van der Waals surface area (Å²) in [5.41, 5.74) is 3.28. The number of nitrogens with one attached hydrogen (secondary N) is 1. The Morgan fingerprint density at radius 2 is 2.10 bits per heavy atom. The summed E-state index contributed by atoms with van der Waals surface area (Å²) in [4.78, 5) is 20.1. The molecule has 1 aromatic carbocycles. The molecule has 1 atom stereocenters. The number of anilines is 1. The van der Waals surface area contributed by atoms with Gasteiger partial charge in [0.15, 0.2) is 5.65 Å². The molecule has 2 aromatic heterocycles. The number of carbonyl (C=O) groups excluding carboxylic acids is 1. The molecule has 3 aromatic rings. The highest BCUT2D eigenvalue weighted by Gasteiger charge is 2.25. The first-order valence-corrected chi connectivity index (χ1v) is 10.5. The molecule has 3 heterocycles. The summed E-state index contributed by atoms with van der Waals surface area (Å²) in [7, 11) is 1.69. The highest BCUT2D eigenvalue weighted by Crippen LogP contribution is 2.30. The Kier molecular flexibility index (Phi) is 5.61. The topological polar surface area (TPSA) is 72.3 Å². The van der Waals surface area contributed by atoms with Gasteiger partial charge >= 0.3 is 0 Å². The number of benzene rings is 1. The molecule has 158 valence electrons. The maximum absolute atomic E-state index is 13.2. The highest BCUT2D eigenvalue weighted by atomic mass is 16.5. The van der Waals surface area contributed by atoms with Gasteiger partial charge in [0.1, 0.15) is 5.75 Å². The molecular weight excluding hydrogens is 378 g/mol. The number of fused-ring (bicyclic) bond motifs is 1. The lowest BCUT2D eigenvalue weighted by Gasteiger charge is -2.35. The minimum atomic E-state index is -0.0688. The molecule has 1 aliphatic rings. The Bertz CT molecular complexity index is 1060. The third-order valence-electron chi connectivity index (χ3n) is 5.61. The first kappa shape index (κ1) is 20.2. The quantitative estimate of drug-likeness (QED) is 0.698. The van der Waals surface area contributed by atoms with Crippen LogP contribution in [0.5, 0.6) is 5.75 Å². The smallest absolute Gasteiger partial charge is 0.252 e. The number of hydrogen-bond donors (Lipinski definition) is 1. The van der Waals surface area contributed by atoms with E-state index < -0.39 is 0 Å². The Morgan fingerprint density at radius 1 is 1.30 bits per heavy atom. The fourth-order valence-electron chi connectivity index (χ4n) is 4.18. The fraction of sp³-hybridized carbons (Fsp3) is 0.435. The van der Waals surface area contributed by atoms with Gasteiger partial charge in [-0.15, -0.1) is 0 Å². The van der Waals surface area contributed by atoms with Crippen molar-refractivity contribution in [2.45, 2.75) is 45.7 Å². The van der Waals surface area contributed by atoms with Crippen LogP contribution in [-0.4, -0.2) is 46.9 Å². The second kappa shape index (κ2) is 8.34. The number of hydrogen-bond acceptors (Lipinski definition) is 5. The average molecular weight is 408 g/mol. The van der Waals surface area contributed by atoms with E-state index in [0.29, 0.717) is 5.56 Å². The normalized spacial score (nSPS) is 16.8. The van der Waals surface area contributed by atoms with Gasteiger partial charge in [0.25, 0.3) is 5.91 Å². The van der Waals surface area contributed by atoms with Crippen molar-refractivity contribution in [2.75, 3.05) is 25.1 Å². The Morgan fingerprint density at radius 3 is 2.87 bits per heavy atom. The van der Waals surface area contributed by atoms with Crippen LogP contribution in [0, 0.1) is 6.92 Å². The molecule has 0 spiro atoms. The van der Waals surface area contributed by atoms with E-state index in [0.717, 1.165) is 54.1 Å². The van der Waals surface area contributed by atoms with Crippen molar-refractivity contribution < 1.29 is 9.53 Å². The Labute approximate surface area is 177 Å². The van der Waals surface area contributed by atoms with E-state index in [1.54, 1.807) is 13.3 Å². The molecule has 0 radical (unpaired) electrons. The van der Waals surface area contributed by atoms with Crippen molar-refractivity contribution in [1.82, 2.24) is 20.1 Å². The zero-order valence-electron chi connectivity index (χ0n) is 18.1. The van der Waals surface area contributed by atoms with Crippen molar-refractivity contribution in [3.05, 3.63) is 47.8 Å². The molecular formula is C23H29N5O2. The number of aromatic nitrogens is 3. The van der Waals surface area contributed by atoms with Crippen molar-refractivity contribution in [3.8, 4) is 5.75 Å². The van der Waals surface area contributed by atoms with Gasteiger partial charge < -0.3 is 15.0 Å². The largest absolute Gasteiger partial charge is 0.495 e. The van der Waals surface area contributed by atoms with Crippen LogP contribution in [0.2, 0.25) is 0 Å². The first-order chi connectivity index (χ1) is 14.5. The second-order valence-corrected chi connectivity index (χ2v) is 8.16. The first-order valence-electron chi connectivity index (χ1n) is 10.5. The van der Waals surface area contributed by atoms with Crippen LogP contribution in [0.15, 0.2) is 36.5 Å². The number of aryl methyl sites for hydroxylation is 1. The van der Waals surface area contributed by atoms with Crippen LogP contribution >= 0.6 is 0 Å². The fourth-order valence-corrected chi connectivity index (χ4v) is 4.18. The minimum Gasteiger partial charge on any atom is -0.495 e. The van der Waals surface area contributed by atoms with E-state index in [1.165, 1.54) is 0 Å². The van der Waals surface area contributed by atoms with Crippen LogP contribution in [0.1, 0.15) is 48.8 Å². The van der Waals surface area contributed by atoms with E-state index in [9.17, 15) is 4.79 Å². The zero-order valence-corrected chi connectivity index (χ0v) is 18.1. The summed E-state index contributed by atoms with van der Waals surface area (Å²) in [6.45, 7) is 7.74. The van der Waals surface area contributed by atoms with Gasteiger partial charge in [-0.3, -0.25) is 4.79 Å². The maximum atomic E-state index is 13.2. The Balaban J connectivity index is 1.55. The SMILES string of the molecule is COc1ccccc1N1CCCC(NC(=O)c2cc(C)nc3c2cnn3C(C)C)C1. The van der Waals surface area contributed by atoms with Crippen molar-refractivity contribution in [3.63, 3.8) is 0 Å². The van der Waals surface area contributed by atoms with Crippen molar-refractivity contribution >= 4 is 22.6 Å². The molecule has 0 aliphatic carbocycles. The maximum Gasteiger partial charge on any atom is 0.252 e. The van der Waals surface area contributed by atoms with Crippen molar-refractivity contribution in [1.29, 1.82) is 0 Å². The van der Waals surface area contributed by atoms with E-state index in [-0.39, 0.29) is 18.0 Å². The number of para-hydroxylation sites is 2. The molecule has 7 nitrogen and oxygen atoms in total. The highest BCUT2D eigenvalue weighted by molar-refractivity contribution is 6.05. The van der Waals surface area contributed by atoms with Gasteiger partial charge in [0.2, 0.25) is 0 Å². The summed E-state index contributed by atoms with van der Waals surface area (Å²) >= 11 is 0. The van der Waals surface area contributed by atoms with E-state index in [1.807, 2.05) is 35.9 Å². The number of piperidine rings is 1. The molecule has 1 saturated heterocycles. The predicted molar refractivity (Wildman–Crippen MR) is 118 cm³/mol. The van der Waals surface area contributed by atoms with Crippen LogP contribution in [0.3, 0.4) is 0 Å². The molecule has 1 N–H and O–H groups in total. The molecule has 1 amide bonds. The number of nitrogens with zero attached hydrogens (tertiary/aromatic N) is 4. The molecule has 1 unspecified atom stereocenters. The molecule has 1 fully saturated rings. The third kappa shape index (κ3) is 3.84. The van der Waals surface area contributed by atoms with Gasteiger partial charge in [-0.05, 0) is 51.8 Å². The second-order valence-electron chi connectivity index (χ2n) is 8.16. The number of ether oxygens (including phenoxy) is 1. The Hall–Kier alpha value is -3.09. The molecule has 30 heavy (non-hydrogen) atoms. The number of carbonyl (C=O) groups is 1. The molecule has 0 saturated carbocycles. The van der Waals surface area contributed by atoms with Crippen molar-refractivity contribution in [2.24, 2.45) is 0 Å². The predicted octanol–water partition coefficient (Wildman–Crippen LogP) is 3.73. The summed E-state index contributed by atoms with van der Waals surface area (Å²) < 4.78 is 7.39. The summed E-state index contributed by atoms with van der Waals surface area (Å²) in [6, 6.07) is 10.1. The van der Waals surface area contributed by atoms with Gasteiger partial charge in [-0.25, -0.2) is 9.67 Å². The van der Waals surface area contributed by atoms with Gasteiger partial charge in [-0.1, -0.05) is 12.1 Å². The zero-order chi connectivity index (χ0) is 21.3. The van der Waals surface area contributed by atoms with Crippen LogP contribution < -0.4 is 15.0 Å². The number of amides is 1. The molecule has 1 aliphatic heterocycles. The van der Waals surface area contributed by atoms with Gasteiger partial charge in [-0.2, -0.15) is 5.10 Å². The molecule has 0 bridgehead atoms. The van der Waals surface area contributed by atoms with E-state index in [4.69, 9.17) is 4.74 Å². The monoisotopic (exact) mass is 407 g/mol. The van der Waals surface area contributed by atoms with E-state index in [2.05, 4.69) is 40.2 Å². The van der Waals surface area contributed by atoms with Crippen LogP contribution in [0.4, 0.5) is 5.69 Å². The minimum absolute atomic E-state index is 0.0688. The molecule has 7 heteroatoms. The number of methoxy groups -OCH3 is 1. The van der Waals surface area contributed by atoms with Gasteiger partial charge in [0.05, 0.1) is 29.9 Å². The van der Waals surface area contributed by atoms with Crippen LogP contribution in [-0.2, 0) is 0 Å². The summed E-state index contributed by atoms with van der Waals surface area (Å²) in [5.74, 6) is 0.790. The molecule has 4 rings (SSSR count). The summed E-state index contributed by atoms with van der Waals surface area (Å²) in [6.07, 6.45) is 3.72. The lowest BCUT2D eigenvalue weighted by Crippen LogP contribution is -2.48. The van der Waals surface area contributed by atoms with Crippen LogP contribution in [0.25, 0.3) is 11.0 Å². The standard InChI is InChI=1S/C23H29N5O2/c1-15(2)28-22-19(13-24-28)18(12-16(3)25-22)23(29)26-17-8-7-11-27(14-17)20-9-5-6-10-21(20)30-4/h5-6,9-10,12-13,15,17H,7-8,11,14H2,1-4H3,(H,26,29). The number of rotatable bonds is 5. The lowest BCUT2D eigenvalue weighted by molar-refractivity contribution is 0.0934. The van der Waals surface area contributed by atoms with Gasteiger partial charge in [0, 0.05) is 30.9 Å². The lowest BCUT2D eigenvalue weighted by atomic mass is 10.0.